The SMILES string of the molecule is CC(C)(C)Bc1cc(F)cc(B(O)O)c1. The van der Waals surface area contributed by atoms with Crippen LogP contribution in [-0.4, -0.2) is 24.4 Å². The molecule has 1 rings (SSSR count). The van der Waals surface area contributed by atoms with Crippen LogP contribution in [0.3, 0.4) is 0 Å². The molecule has 0 aromatic heterocycles. The van der Waals surface area contributed by atoms with Crippen LogP contribution in [0.15, 0.2) is 18.2 Å². The minimum absolute atomic E-state index is 0.0471. The molecule has 1 aromatic carbocycles. The van der Waals surface area contributed by atoms with Crippen LogP contribution in [0, 0.1) is 5.82 Å². The molecule has 0 radical (unpaired) electrons. The van der Waals surface area contributed by atoms with Gasteiger partial charge < -0.3 is 10.0 Å². The van der Waals surface area contributed by atoms with Gasteiger partial charge in [-0.15, -0.1) is 0 Å². The summed E-state index contributed by atoms with van der Waals surface area (Å²) in [7, 11) is -0.913. The van der Waals surface area contributed by atoms with Gasteiger partial charge in [-0.2, -0.15) is 0 Å². The molecule has 80 valence electrons. The molecule has 0 unspecified atom stereocenters. The van der Waals surface area contributed by atoms with E-state index in [-0.39, 0.29) is 10.8 Å². The first kappa shape index (κ1) is 12.3. The molecule has 0 aliphatic rings. The van der Waals surface area contributed by atoms with Gasteiger partial charge in [0.25, 0.3) is 0 Å². The Hall–Kier alpha value is -0.800. The van der Waals surface area contributed by atoms with Crippen LogP contribution in [0.25, 0.3) is 0 Å². The molecule has 0 heterocycles. The monoisotopic (exact) mass is 208 g/mol. The fourth-order valence-corrected chi connectivity index (χ4v) is 1.54. The zero-order valence-corrected chi connectivity index (χ0v) is 9.29. The largest absolute Gasteiger partial charge is 0.488 e. The molecule has 0 bridgehead atoms. The van der Waals surface area contributed by atoms with Crippen molar-refractivity contribution >= 4 is 25.3 Å². The molecule has 0 aliphatic carbocycles. The van der Waals surface area contributed by atoms with Crippen LogP contribution in [0.2, 0.25) is 5.31 Å². The Morgan fingerprint density at radius 1 is 1.20 bits per heavy atom. The van der Waals surface area contributed by atoms with Gasteiger partial charge >= 0.3 is 7.12 Å². The van der Waals surface area contributed by atoms with E-state index in [2.05, 4.69) is 0 Å². The average Bonchev–Trinajstić information content (AvgIpc) is 1.99. The van der Waals surface area contributed by atoms with E-state index in [0.29, 0.717) is 7.28 Å². The zero-order valence-electron chi connectivity index (χ0n) is 9.29. The van der Waals surface area contributed by atoms with Crippen LogP contribution in [0.5, 0.6) is 0 Å². The Kier molecular flexibility index (Phi) is 3.58. The number of hydrogen-bond donors (Lipinski definition) is 2. The molecular weight excluding hydrogens is 193 g/mol. The second-order valence-corrected chi connectivity index (χ2v) is 5.00. The highest BCUT2D eigenvalue weighted by Gasteiger charge is 2.17. The summed E-state index contributed by atoms with van der Waals surface area (Å²) in [5.41, 5.74) is 0.986. The lowest BCUT2D eigenvalue weighted by atomic mass is 9.51. The Balaban J connectivity index is 2.99. The Bertz CT molecular complexity index is 348. The van der Waals surface area contributed by atoms with Crippen molar-refractivity contribution in [3.8, 4) is 0 Å². The third-order valence-corrected chi connectivity index (χ3v) is 2.01. The quantitative estimate of drug-likeness (QED) is 0.659. The normalized spacial score (nSPS) is 11.3. The summed E-state index contributed by atoms with van der Waals surface area (Å²) < 4.78 is 13.1. The minimum atomic E-state index is -1.61. The highest BCUT2D eigenvalue weighted by Crippen LogP contribution is 2.19. The van der Waals surface area contributed by atoms with Gasteiger partial charge in [-0.1, -0.05) is 37.6 Å². The van der Waals surface area contributed by atoms with Crippen LogP contribution in [0.1, 0.15) is 20.8 Å². The molecule has 2 N–H and O–H groups in total. The molecule has 15 heavy (non-hydrogen) atoms. The highest BCUT2D eigenvalue weighted by molar-refractivity contribution is 6.61. The maximum Gasteiger partial charge on any atom is 0.488 e. The second kappa shape index (κ2) is 4.37. The summed E-state index contributed by atoms with van der Waals surface area (Å²) >= 11 is 0. The van der Waals surface area contributed by atoms with Crippen molar-refractivity contribution in [2.45, 2.75) is 26.1 Å². The van der Waals surface area contributed by atoms with E-state index in [1.165, 1.54) is 6.07 Å². The van der Waals surface area contributed by atoms with Crippen LogP contribution in [0.4, 0.5) is 4.39 Å². The maximum absolute atomic E-state index is 13.1. The Morgan fingerprint density at radius 2 is 1.80 bits per heavy atom. The standard InChI is InChI=1S/C10H15B2FO2/c1-10(2,3)11-7-4-8(12(14)15)6-9(13)5-7/h4-6,11,14-15H,1-3H3. The molecule has 0 saturated carbocycles. The van der Waals surface area contributed by atoms with Crippen molar-refractivity contribution in [1.82, 2.24) is 0 Å². The van der Waals surface area contributed by atoms with E-state index in [1.54, 1.807) is 6.07 Å². The molecule has 5 heteroatoms. The van der Waals surface area contributed by atoms with Crippen LogP contribution < -0.4 is 10.9 Å². The first-order valence-electron chi connectivity index (χ1n) is 4.93. The fourth-order valence-electron chi connectivity index (χ4n) is 1.54. The molecule has 0 atom stereocenters. The summed E-state index contributed by atoms with van der Waals surface area (Å²) in [6, 6.07) is 4.19. The van der Waals surface area contributed by atoms with Crippen LogP contribution in [-0.2, 0) is 0 Å². The summed E-state index contributed by atoms with van der Waals surface area (Å²) in [6.07, 6.45) is 0. The fraction of sp³-hybridized carbons (Fsp3) is 0.400. The number of hydrogen-bond acceptors (Lipinski definition) is 2. The Morgan fingerprint density at radius 3 is 2.27 bits per heavy atom. The van der Waals surface area contributed by atoms with Crippen LogP contribution >= 0.6 is 0 Å². The minimum Gasteiger partial charge on any atom is -0.423 e. The summed E-state index contributed by atoms with van der Waals surface area (Å²) in [6.45, 7) is 6.15. The summed E-state index contributed by atoms with van der Waals surface area (Å²) in [4.78, 5) is 0. The van der Waals surface area contributed by atoms with Gasteiger partial charge in [0.1, 0.15) is 5.82 Å². The number of halogens is 1. The van der Waals surface area contributed by atoms with Gasteiger partial charge in [0.15, 0.2) is 7.28 Å². The van der Waals surface area contributed by atoms with E-state index >= 15 is 0 Å². The van der Waals surface area contributed by atoms with Crippen molar-refractivity contribution in [3.63, 3.8) is 0 Å². The lowest BCUT2D eigenvalue weighted by Gasteiger charge is -2.17. The van der Waals surface area contributed by atoms with Gasteiger partial charge in [-0.05, 0) is 17.6 Å². The lowest BCUT2D eigenvalue weighted by Crippen LogP contribution is -2.35. The predicted octanol–water partition coefficient (Wildman–Crippen LogP) is -0.214. The van der Waals surface area contributed by atoms with Crippen molar-refractivity contribution in [2.75, 3.05) is 0 Å². The van der Waals surface area contributed by atoms with E-state index in [0.717, 1.165) is 11.5 Å². The molecule has 0 aliphatic heterocycles. The summed E-state index contributed by atoms with van der Waals surface area (Å²) in [5.74, 6) is -0.431. The topological polar surface area (TPSA) is 40.5 Å². The number of rotatable bonds is 2. The van der Waals surface area contributed by atoms with Gasteiger partial charge in [0.2, 0.25) is 0 Å². The maximum atomic E-state index is 13.1. The lowest BCUT2D eigenvalue weighted by molar-refractivity contribution is 0.425. The molecule has 0 saturated heterocycles. The van der Waals surface area contributed by atoms with Gasteiger partial charge in [0.05, 0.1) is 0 Å². The van der Waals surface area contributed by atoms with Crippen molar-refractivity contribution in [2.24, 2.45) is 0 Å². The van der Waals surface area contributed by atoms with Crippen molar-refractivity contribution in [3.05, 3.63) is 24.0 Å². The molecule has 0 amide bonds. The van der Waals surface area contributed by atoms with Crippen molar-refractivity contribution in [1.29, 1.82) is 0 Å². The summed E-state index contributed by atoms with van der Waals surface area (Å²) in [5, 5.41) is 18.0. The average molecular weight is 208 g/mol. The molecule has 0 fully saturated rings. The van der Waals surface area contributed by atoms with E-state index in [9.17, 15) is 4.39 Å². The number of benzene rings is 1. The third-order valence-electron chi connectivity index (χ3n) is 2.01. The van der Waals surface area contributed by atoms with Gasteiger partial charge in [0, 0.05) is 0 Å². The second-order valence-electron chi connectivity index (χ2n) is 5.00. The Labute approximate surface area is 90.5 Å². The molecule has 0 spiro atoms. The first-order chi connectivity index (χ1) is 6.78. The predicted molar refractivity (Wildman–Crippen MR) is 62.7 cm³/mol. The van der Waals surface area contributed by atoms with E-state index < -0.39 is 12.9 Å². The van der Waals surface area contributed by atoms with Gasteiger partial charge in [-0.3, -0.25) is 0 Å². The van der Waals surface area contributed by atoms with Gasteiger partial charge in [-0.25, -0.2) is 4.39 Å². The molecular formula is C10H15B2FO2. The van der Waals surface area contributed by atoms with Crippen molar-refractivity contribution < 1.29 is 14.4 Å². The third kappa shape index (κ3) is 4.06. The smallest absolute Gasteiger partial charge is 0.423 e. The first-order valence-corrected chi connectivity index (χ1v) is 4.93. The highest BCUT2D eigenvalue weighted by atomic mass is 19.1. The van der Waals surface area contributed by atoms with E-state index in [1.807, 2.05) is 20.8 Å². The molecule has 2 nitrogen and oxygen atoms in total. The zero-order chi connectivity index (χ0) is 11.6. The molecule has 1 aromatic rings. The van der Waals surface area contributed by atoms with E-state index in [4.69, 9.17) is 10.0 Å².